The van der Waals surface area contributed by atoms with Crippen LogP contribution in [0.3, 0.4) is 0 Å². The number of thiophene rings is 1. The molecule has 1 atom stereocenters. The summed E-state index contributed by atoms with van der Waals surface area (Å²) in [7, 11) is 1.65. The molecule has 6 heteroatoms. The zero-order valence-corrected chi connectivity index (χ0v) is 13.7. The van der Waals surface area contributed by atoms with Crippen molar-refractivity contribution in [2.45, 2.75) is 12.6 Å². The van der Waals surface area contributed by atoms with Gasteiger partial charge in [0.15, 0.2) is 0 Å². The van der Waals surface area contributed by atoms with E-state index in [-0.39, 0.29) is 6.04 Å². The van der Waals surface area contributed by atoms with Gasteiger partial charge < -0.3 is 14.6 Å². The van der Waals surface area contributed by atoms with Crippen LogP contribution in [0.1, 0.15) is 26.8 Å². The quantitative estimate of drug-likeness (QED) is 0.911. The van der Waals surface area contributed by atoms with E-state index < -0.39 is 5.97 Å². The number of hydrogen-bond donors (Lipinski definition) is 1. The molecular weight excluding hydrogens is 314 g/mol. The first kappa shape index (κ1) is 16.0. The zero-order valence-electron chi connectivity index (χ0n) is 12.9. The van der Waals surface area contributed by atoms with Crippen molar-refractivity contribution >= 4 is 17.3 Å². The van der Waals surface area contributed by atoms with E-state index in [0.29, 0.717) is 24.6 Å². The number of morpholine rings is 1. The van der Waals surface area contributed by atoms with E-state index >= 15 is 0 Å². The molecule has 0 bridgehead atoms. The van der Waals surface area contributed by atoms with Gasteiger partial charge in [0.1, 0.15) is 10.6 Å². The van der Waals surface area contributed by atoms with Crippen LogP contribution in [-0.4, -0.2) is 42.8 Å². The predicted octanol–water partition coefficient (Wildman–Crippen LogP) is 3.03. The van der Waals surface area contributed by atoms with Gasteiger partial charge in [-0.15, -0.1) is 11.3 Å². The summed E-state index contributed by atoms with van der Waals surface area (Å²) in [5.41, 5.74) is 2.01. The Morgan fingerprint density at radius 1 is 1.39 bits per heavy atom. The van der Waals surface area contributed by atoms with Gasteiger partial charge in [0.2, 0.25) is 0 Å². The maximum absolute atomic E-state index is 11.3. The number of rotatable bonds is 5. The second-order valence-corrected chi connectivity index (χ2v) is 6.33. The average Bonchev–Trinajstić information content (AvgIpc) is 3.04. The highest BCUT2D eigenvalue weighted by Crippen LogP contribution is 2.29. The normalized spacial score (nSPS) is 18.7. The maximum Gasteiger partial charge on any atom is 0.346 e. The minimum Gasteiger partial charge on any atom is -0.497 e. The molecule has 1 fully saturated rings. The first-order valence-corrected chi connectivity index (χ1v) is 8.32. The van der Waals surface area contributed by atoms with Crippen molar-refractivity contribution in [3.05, 3.63) is 51.7 Å². The molecule has 0 spiro atoms. The third kappa shape index (κ3) is 3.55. The fraction of sp³-hybridized carbons (Fsp3) is 0.353. The summed E-state index contributed by atoms with van der Waals surface area (Å²) >= 11 is 1.27. The van der Waals surface area contributed by atoms with Gasteiger partial charge in [-0.2, -0.15) is 0 Å². The molecule has 1 unspecified atom stereocenters. The summed E-state index contributed by atoms with van der Waals surface area (Å²) in [6.45, 7) is 2.68. The summed E-state index contributed by atoms with van der Waals surface area (Å²) in [6, 6.07) is 9.98. The summed E-state index contributed by atoms with van der Waals surface area (Å²) in [6.07, 6.45) is 0. The van der Waals surface area contributed by atoms with Gasteiger partial charge in [-0.3, -0.25) is 4.90 Å². The van der Waals surface area contributed by atoms with E-state index in [0.717, 1.165) is 23.4 Å². The number of nitrogens with zero attached hydrogens (tertiary/aromatic N) is 1. The van der Waals surface area contributed by atoms with E-state index in [1.165, 1.54) is 11.3 Å². The van der Waals surface area contributed by atoms with Gasteiger partial charge in [0, 0.05) is 13.1 Å². The second kappa shape index (κ2) is 7.12. The molecule has 1 saturated heterocycles. The van der Waals surface area contributed by atoms with Gasteiger partial charge in [-0.25, -0.2) is 4.79 Å². The fourth-order valence-corrected chi connectivity index (χ4v) is 3.58. The van der Waals surface area contributed by atoms with Crippen molar-refractivity contribution < 1.29 is 19.4 Å². The van der Waals surface area contributed by atoms with Crippen molar-refractivity contribution in [2.75, 3.05) is 26.9 Å². The van der Waals surface area contributed by atoms with E-state index in [4.69, 9.17) is 9.47 Å². The van der Waals surface area contributed by atoms with Crippen LogP contribution in [0.2, 0.25) is 0 Å². The molecule has 0 saturated carbocycles. The molecule has 0 aliphatic carbocycles. The van der Waals surface area contributed by atoms with Gasteiger partial charge >= 0.3 is 5.97 Å². The first-order valence-electron chi connectivity index (χ1n) is 7.44. The molecule has 2 heterocycles. The lowest BCUT2D eigenvalue weighted by molar-refractivity contribution is -0.0127. The van der Waals surface area contributed by atoms with Gasteiger partial charge in [0.05, 0.1) is 26.4 Å². The van der Waals surface area contributed by atoms with E-state index in [1.807, 2.05) is 35.7 Å². The van der Waals surface area contributed by atoms with Crippen LogP contribution in [0.4, 0.5) is 0 Å². The molecule has 122 valence electrons. The first-order chi connectivity index (χ1) is 11.2. The lowest BCUT2D eigenvalue weighted by Crippen LogP contribution is -2.39. The third-order valence-corrected chi connectivity index (χ3v) is 5.00. The second-order valence-electron chi connectivity index (χ2n) is 5.41. The fourth-order valence-electron chi connectivity index (χ4n) is 2.83. The smallest absolute Gasteiger partial charge is 0.346 e. The lowest BCUT2D eigenvalue weighted by atomic mass is 10.0. The van der Waals surface area contributed by atoms with Crippen LogP contribution in [-0.2, 0) is 11.3 Å². The molecule has 2 aromatic rings. The molecule has 1 aromatic heterocycles. The molecule has 5 nitrogen and oxygen atoms in total. The molecule has 23 heavy (non-hydrogen) atoms. The highest BCUT2D eigenvalue weighted by molar-refractivity contribution is 7.12. The number of carboxylic acids is 1. The molecule has 3 rings (SSSR count). The molecule has 1 aromatic carbocycles. The van der Waals surface area contributed by atoms with Crippen LogP contribution in [0.5, 0.6) is 5.75 Å². The maximum atomic E-state index is 11.3. The van der Waals surface area contributed by atoms with Crippen LogP contribution in [0.25, 0.3) is 0 Å². The standard InChI is InChI=1S/C17H19NO4S/c1-21-14-4-2-12(3-5-14)15-11-22-8-7-18(15)10-13-6-9-23-16(13)17(19)20/h2-6,9,15H,7-8,10-11H2,1H3,(H,19,20). The molecule has 1 aliphatic heterocycles. The zero-order chi connectivity index (χ0) is 16.2. The topological polar surface area (TPSA) is 59.0 Å². The number of ether oxygens (including phenoxy) is 2. The van der Waals surface area contributed by atoms with Crippen LogP contribution in [0, 0.1) is 0 Å². The van der Waals surface area contributed by atoms with E-state index in [1.54, 1.807) is 7.11 Å². The van der Waals surface area contributed by atoms with Crippen LogP contribution in [0.15, 0.2) is 35.7 Å². The monoisotopic (exact) mass is 333 g/mol. The Hall–Kier alpha value is -1.89. The number of benzene rings is 1. The number of carbonyl (C=O) groups is 1. The Balaban J connectivity index is 1.80. The van der Waals surface area contributed by atoms with Gasteiger partial charge in [-0.1, -0.05) is 12.1 Å². The molecule has 0 radical (unpaired) electrons. The largest absolute Gasteiger partial charge is 0.497 e. The molecule has 0 amide bonds. The SMILES string of the molecule is COc1ccc(C2COCCN2Cc2ccsc2C(=O)O)cc1. The molecule has 1 N–H and O–H groups in total. The Labute approximate surface area is 139 Å². The van der Waals surface area contributed by atoms with Crippen molar-refractivity contribution in [1.29, 1.82) is 0 Å². The van der Waals surface area contributed by atoms with Crippen LogP contribution >= 0.6 is 11.3 Å². The van der Waals surface area contributed by atoms with Crippen molar-refractivity contribution in [3.8, 4) is 5.75 Å². The summed E-state index contributed by atoms with van der Waals surface area (Å²) in [4.78, 5) is 14.0. The number of hydrogen-bond acceptors (Lipinski definition) is 5. The summed E-state index contributed by atoms with van der Waals surface area (Å²) in [5.74, 6) is -0.0349. The van der Waals surface area contributed by atoms with Crippen molar-refractivity contribution in [3.63, 3.8) is 0 Å². The highest BCUT2D eigenvalue weighted by Gasteiger charge is 2.26. The summed E-state index contributed by atoms with van der Waals surface area (Å²) in [5, 5.41) is 11.1. The third-order valence-electron chi connectivity index (χ3n) is 4.05. The minimum absolute atomic E-state index is 0.121. The van der Waals surface area contributed by atoms with E-state index in [9.17, 15) is 9.90 Å². The molecular formula is C17H19NO4S. The average molecular weight is 333 g/mol. The Morgan fingerprint density at radius 2 is 2.17 bits per heavy atom. The van der Waals surface area contributed by atoms with Crippen LogP contribution < -0.4 is 4.74 Å². The number of aromatic carboxylic acids is 1. The number of methoxy groups -OCH3 is 1. The van der Waals surface area contributed by atoms with Gasteiger partial charge in [-0.05, 0) is 34.7 Å². The van der Waals surface area contributed by atoms with E-state index in [2.05, 4.69) is 4.90 Å². The van der Waals surface area contributed by atoms with Crippen molar-refractivity contribution in [1.82, 2.24) is 4.90 Å². The van der Waals surface area contributed by atoms with Crippen molar-refractivity contribution in [2.24, 2.45) is 0 Å². The Morgan fingerprint density at radius 3 is 2.87 bits per heavy atom. The minimum atomic E-state index is -0.857. The molecule has 1 aliphatic rings. The predicted molar refractivity (Wildman–Crippen MR) is 88.2 cm³/mol. The highest BCUT2D eigenvalue weighted by atomic mass is 32.1. The van der Waals surface area contributed by atoms with Gasteiger partial charge in [0.25, 0.3) is 0 Å². The lowest BCUT2D eigenvalue weighted by Gasteiger charge is -2.36. The Kier molecular flexibility index (Phi) is 4.95. The Bertz CT molecular complexity index is 667. The summed E-state index contributed by atoms with van der Waals surface area (Å²) < 4.78 is 10.8. The number of carboxylic acid groups (broad SMARTS) is 1.